The molecule has 1 aromatic carbocycles. The fraction of sp³-hybridized carbons (Fsp3) is 0.571. The molecule has 3 rings (SSSR count). The molecule has 5 heteroatoms. The maximum Gasteiger partial charge on any atom is 0.269 e. The number of fused-ring (bicyclic) bond motifs is 2. The third-order valence-corrected chi connectivity index (χ3v) is 4.33. The van der Waals surface area contributed by atoms with Crippen molar-refractivity contribution in [3.8, 4) is 0 Å². The van der Waals surface area contributed by atoms with Crippen LogP contribution >= 0.6 is 0 Å². The van der Waals surface area contributed by atoms with Crippen molar-refractivity contribution < 1.29 is 4.92 Å². The van der Waals surface area contributed by atoms with Gasteiger partial charge in [0.2, 0.25) is 0 Å². The van der Waals surface area contributed by atoms with E-state index < -0.39 is 0 Å². The van der Waals surface area contributed by atoms with E-state index in [4.69, 9.17) is 0 Å². The number of hydrogen-bond acceptors (Lipinski definition) is 4. The SMILES string of the molecule is Cc1cc([N+](=O)[O-])ccc1N1C2CCC1CN(C)C2. The van der Waals surface area contributed by atoms with E-state index in [2.05, 4.69) is 16.8 Å². The quantitative estimate of drug-likeness (QED) is 0.605. The van der Waals surface area contributed by atoms with Gasteiger partial charge < -0.3 is 9.80 Å². The van der Waals surface area contributed by atoms with E-state index in [0.717, 1.165) is 18.7 Å². The Kier molecular flexibility index (Phi) is 2.93. The Morgan fingerprint density at radius 1 is 1.26 bits per heavy atom. The average Bonchev–Trinajstić information content (AvgIpc) is 2.62. The van der Waals surface area contributed by atoms with Gasteiger partial charge in [-0.3, -0.25) is 10.1 Å². The molecule has 5 nitrogen and oxygen atoms in total. The highest BCUT2D eigenvalue weighted by atomic mass is 16.6. The fourth-order valence-electron chi connectivity index (χ4n) is 3.55. The predicted octanol–water partition coefficient (Wildman–Crippen LogP) is 2.19. The molecule has 2 atom stereocenters. The van der Waals surface area contributed by atoms with Crippen LogP contribution in [0.2, 0.25) is 0 Å². The Hall–Kier alpha value is -1.62. The average molecular weight is 261 g/mol. The Bertz CT molecular complexity index is 503. The summed E-state index contributed by atoms with van der Waals surface area (Å²) in [5, 5.41) is 10.8. The van der Waals surface area contributed by atoms with Gasteiger partial charge in [-0.15, -0.1) is 0 Å². The summed E-state index contributed by atoms with van der Waals surface area (Å²) >= 11 is 0. The molecule has 1 aromatic rings. The number of nitro benzene ring substituents is 1. The number of nitro groups is 1. The predicted molar refractivity (Wildman–Crippen MR) is 74.6 cm³/mol. The highest BCUT2D eigenvalue weighted by Gasteiger charge is 2.39. The Labute approximate surface area is 113 Å². The van der Waals surface area contributed by atoms with Gasteiger partial charge in [0.05, 0.1) is 4.92 Å². The number of likely N-dealkylation sites (N-methyl/N-ethyl adjacent to an activating group) is 1. The zero-order chi connectivity index (χ0) is 13.6. The van der Waals surface area contributed by atoms with Crippen molar-refractivity contribution in [1.29, 1.82) is 0 Å². The second-order valence-electron chi connectivity index (χ2n) is 5.74. The van der Waals surface area contributed by atoms with Crippen LogP contribution < -0.4 is 4.90 Å². The van der Waals surface area contributed by atoms with Gasteiger partial charge in [-0.25, -0.2) is 0 Å². The molecule has 0 N–H and O–H groups in total. The normalized spacial score (nSPS) is 26.7. The Balaban J connectivity index is 1.93. The van der Waals surface area contributed by atoms with Gasteiger partial charge >= 0.3 is 0 Å². The van der Waals surface area contributed by atoms with Crippen molar-refractivity contribution in [3.63, 3.8) is 0 Å². The van der Waals surface area contributed by atoms with Crippen LogP contribution in [0.1, 0.15) is 18.4 Å². The molecule has 0 aliphatic carbocycles. The monoisotopic (exact) mass is 261 g/mol. The smallest absolute Gasteiger partial charge is 0.269 e. The number of non-ortho nitro benzene ring substituents is 1. The molecule has 0 radical (unpaired) electrons. The minimum Gasteiger partial charge on any atom is -0.363 e. The maximum absolute atomic E-state index is 10.8. The van der Waals surface area contributed by atoms with Gasteiger partial charge in [-0.2, -0.15) is 0 Å². The molecule has 2 aliphatic rings. The largest absolute Gasteiger partial charge is 0.363 e. The van der Waals surface area contributed by atoms with Crippen molar-refractivity contribution >= 4 is 11.4 Å². The number of benzene rings is 1. The van der Waals surface area contributed by atoms with Gasteiger partial charge in [-0.05, 0) is 38.4 Å². The molecule has 2 aliphatic heterocycles. The lowest BCUT2D eigenvalue weighted by Crippen LogP contribution is -2.52. The fourth-order valence-corrected chi connectivity index (χ4v) is 3.55. The van der Waals surface area contributed by atoms with Crippen molar-refractivity contribution in [2.45, 2.75) is 31.8 Å². The number of anilines is 1. The van der Waals surface area contributed by atoms with Gasteiger partial charge in [0.15, 0.2) is 0 Å². The summed E-state index contributed by atoms with van der Waals surface area (Å²) in [6.07, 6.45) is 2.46. The summed E-state index contributed by atoms with van der Waals surface area (Å²) in [5.74, 6) is 0. The van der Waals surface area contributed by atoms with Gasteiger partial charge in [-0.1, -0.05) is 0 Å². The van der Waals surface area contributed by atoms with Crippen molar-refractivity contribution in [2.75, 3.05) is 25.0 Å². The van der Waals surface area contributed by atoms with Crippen molar-refractivity contribution in [2.24, 2.45) is 0 Å². The molecule has 2 heterocycles. The van der Waals surface area contributed by atoms with E-state index in [1.165, 1.54) is 18.5 Å². The molecule has 0 saturated carbocycles. The summed E-state index contributed by atoms with van der Waals surface area (Å²) in [7, 11) is 2.17. The lowest BCUT2D eigenvalue weighted by molar-refractivity contribution is -0.384. The maximum atomic E-state index is 10.8. The third kappa shape index (κ3) is 2.08. The molecular formula is C14H19N3O2. The van der Waals surface area contributed by atoms with Crippen LogP contribution in [0, 0.1) is 17.0 Å². The van der Waals surface area contributed by atoms with E-state index >= 15 is 0 Å². The van der Waals surface area contributed by atoms with Crippen LogP contribution in [0.25, 0.3) is 0 Å². The highest BCUT2D eigenvalue weighted by Crippen LogP contribution is 2.37. The van der Waals surface area contributed by atoms with Crippen molar-refractivity contribution in [1.82, 2.24) is 4.90 Å². The van der Waals surface area contributed by atoms with Gasteiger partial charge in [0.1, 0.15) is 0 Å². The molecule has 2 unspecified atom stereocenters. The van der Waals surface area contributed by atoms with E-state index in [9.17, 15) is 10.1 Å². The van der Waals surface area contributed by atoms with Crippen LogP contribution in [-0.4, -0.2) is 42.0 Å². The summed E-state index contributed by atoms with van der Waals surface area (Å²) in [4.78, 5) is 15.4. The number of rotatable bonds is 2. The standard InChI is InChI=1S/C14H19N3O2/c1-10-7-11(17(18)19)5-6-14(10)16-12-3-4-13(16)9-15(2)8-12/h5-7,12-13H,3-4,8-9H2,1-2H3. The first-order valence-corrected chi connectivity index (χ1v) is 6.78. The topological polar surface area (TPSA) is 49.6 Å². The lowest BCUT2D eigenvalue weighted by Gasteiger charge is -2.41. The second kappa shape index (κ2) is 4.49. The summed E-state index contributed by atoms with van der Waals surface area (Å²) in [6, 6.07) is 6.35. The number of likely N-dealkylation sites (tertiary alicyclic amines) is 1. The molecule has 19 heavy (non-hydrogen) atoms. The van der Waals surface area contributed by atoms with Crippen molar-refractivity contribution in [3.05, 3.63) is 33.9 Å². The van der Waals surface area contributed by atoms with E-state index in [1.807, 2.05) is 13.0 Å². The van der Waals surface area contributed by atoms with Crippen LogP contribution in [-0.2, 0) is 0 Å². The number of piperazine rings is 1. The minimum atomic E-state index is -0.324. The molecular weight excluding hydrogens is 242 g/mol. The molecule has 0 aromatic heterocycles. The number of hydrogen-bond donors (Lipinski definition) is 0. The first-order valence-electron chi connectivity index (χ1n) is 6.78. The molecule has 0 amide bonds. The molecule has 102 valence electrons. The van der Waals surface area contributed by atoms with Crippen LogP contribution in [0.5, 0.6) is 0 Å². The molecule has 2 saturated heterocycles. The Morgan fingerprint density at radius 2 is 1.89 bits per heavy atom. The molecule has 2 fully saturated rings. The zero-order valence-corrected chi connectivity index (χ0v) is 11.4. The summed E-state index contributed by atoms with van der Waals surface area (Å²) < 4.78 is 0. The van der Waals surface area contributed by atoms with Gasteiger partial charge in [0.25, 0.3) is 5.69 Å². The third-order valence-electron chi connectivity index (χ3n) is 4.33. The molecule has 0 spiro atoms. The van der Waals surface area contributed by atoms with E-state index in [-0.39, 0.29) is 10.6 Å². The number of nitrogens with zero attached hydrogens (tertiary/aromatic N) is 3. The molecule has 2 bridgehead atoms. The summed E-state index contributed by atoms with van der Waals surface area (Å²) in [6.45, 7) is 4.15. The zero-order valence-electron chi connectivity index (χ0n) is 11.4. The van der Waals surface area contributed by atoms with Crippen LogP contribution in [0.4, 0.5) is 11.4 Å². The van der Waals surface area contributed by atoms with Crippen LogP contribution in [0.3, 0.4) is 0 Å². The highest BCUT2D eigenvalue weighted by molar-refractivity contribution is 5.59. The van der Waals surface area contributed by atoms with Crippen LogP contribution in [0.15, 0.2) is 18.2 Å². The lowest BCUT2D eigenvalue weighted by atomic mass is 10.1. The second-order valence-corrected chi connectivity index (χ2v) is 5.74. The first kappa shape index (κ1) is 12.4. The van der Waals surface area contributed by atoms with Gasteiger partial charge in [0, 0.05) is 43.0 Å². The van der Waals surface area contributed by atoms with E-state index in [0.29, 0.717) is 12.1 Å². The minimum absolute atomic E-state index is 0.183. The number of aryl methyl sites for hydroxylation is 1. The first-order chi connectivity index (χ1) is 9.06. The van der Waals surface area contributed by atoms with E-state index in [1.54, 1.807) is 12.1 Å². The Morgan fingerprint density at radius 3 is 2.42 bits per heavy atom. The summed E-state index contributed by atoms with van der Waals surface area (Å²) in [5.41, 5.74) is 2.37.